The highest BCUT2D eigenvalue weighted by Crippen LogP contribution is 2.25. The fourth-order valence-electron chi connectivity index (χ4n) is 2.73. The molecule has 0 aromatic rings. The smallest absolute Gasteiger partial charge is 0.127 e. The Morgan fingerprint density at radius 2 is 2.25 bits per heavy atom. The summed E-state index contributed by atoms with van der Waals surface area (Å²) in [6.45, 7) is 7.99. The quantitative estimate of drug-likeness (QED) is 0.651. The van der Waals surface area contributed by atoms with Gasteiger partial charge in [0.2, 0.25) is 0 Å². The molecule has 0 N–H and O–H groups in total. The summed E-state index contributed by atoms with van der Waals surface area (Å²) >= 11 is 0. The summed E-state index contributed by atoms with van der Waals surface area (Å²) in [4.78, 5) is 13.5. The van der Waals surface area contributed by atoms with Crippen LogP contribution in [0.2, 0.25) is 0 Å². The Morgan fingerprint density at radius 3 is 2.69 bits per heavy atom. The van der Waals surface area contributed by atoms with E-state index in [0.717, 1.165) is 38.7 Å². The Kier molecular flexibility index (Phi) is 4.93. The maximum atomic E-state index is 11.2. The van der Waals surface area contributed by atoms with Gasteiger partial charge in [-0.15, -0.1) is 0 Å². The molecule has 0 saturated carbocycles. The van der Waals surface area contributed by atoms with Gasteiger partial charge in [-0.1, -0.05) is 20.3 Å². The van der Waals surface area contributed by atoms with E-state index < -0.39 is 0 Å². The van der Waals surface area contributed by atoms with Crippen LogP contribution in [0.5, 0.6) is 0 Å². The van der Waals surface area contributed by atoms with Crippen LogP contribution in [0.25, 0.3) is 0 Å². The molecule has 1 saturated heterocycles. The van der Waals surface area contributed by atoms with Gasteiger partial charge in [0.1, 0.15) is 6.29 Å². The van der Waals surface area contributed by atoms with E-state index in [1.165, 1.54) is 0 Å². The fourth-order valence-corrected chi connectivity index (χ4v) is 2.73. The Hall–Kier alpha value is -0.410. The zero-order chi connectivity index (χ0) is 12.2. The van der Waals surface area contributed by atoms with E-state index in [-0.39, 0.29) is 5.41 Å². The lowest BCUT2D eigenvalue weighted by atomic mass is 9.86. The van der Waals surface area contributed by atoms with Crippen molar-refractivity contribution in [2.24, 2.45) is 5.41 Å². The molecular weight excluding hydrogens is 202 g/mol. The molecular formula is C13H25NO2. The van der Waals surface area contributed by atoms with Gasteiger partial charge in [-0.2, -0.15) is 0 Å². The fraction of sp³-hybridized carbons (Fsp3) is 0.923. The number of hydrogen-bond acceptors (Lipinski definition) is 3. The first-order chi connectivity index (χ1) is 7.52. The van der Waals surface area contributed by atoms with Crippen molar-refractivity contribution in [3.63, 3.8) is 0 Å². The number of likely N-dealkylation sites (N-methyl/N-ethyl adjacent to an activating group) is 1. The standard InChI is InChI=1S/C13H25NO2/c1-5-7-13(3,10-15)9-14(4)12-6-8-16-11(12)2/h10-12H,5-9H2,1-4H3. The monoisotopic (exact) mass is 227 g/mol. The third kappa shape index (κ3) is 3.29. The van der Waals surface area contributed by atoms with Crippen LogP contribution >= 0.6 is 0 Å². The molecule has 3 nitrogen and oxygen atoms in total. The largest absolute Gasteiger partial charge is 0.377 e. The normalized spacial score (nSPS) is 29.3. The molecule has 1 rings (SSSR count). The van der Waals surface area contributed by atoms with Crippen molar-refractivity contribution in [1.82, 2.24) is 4.90 Å². The number of nitrogens with zero attached hydrogens (tertiary/aromatic N) is 1. The zero-order valence-electron chi connectivity index (χ0n) is 11.0. The summed E-state index contributed by atoms with van der Waals surface area (Å²) in [7, 11) is 2.10. The van der Waals surface area contributed by atoms with Crippen LogP contribution in [-0.2, 0) is 9.53 Å². The van der Waals surface area contributed by atoms with Crippen LogP contribution in [0.4, 0.5) is 0 Å². The molecule has 1 aliphatic heterocycles. The van der Waals surface area contributed by atoms with Crippen molar-refractivity contribution in [3.05, 3.63) is 0 Å². The van der Waals surface area contributed by atoms with Crippen molar-refractivity contribution < 1.29 is 9.53 Å². The Morgan fingerprint density at radius 1 is 1.56 bits per heavy atom. The van der Waals surface area contributed by atoms with Gasteiger partial charge >= 0.3 is 0 Å². The lowest BCUT2D eigenvalue weighted by Crippen LogP contribution is -2.43. The number of aldehydes is 1. The van der Waals surface area contributed by atoms with Gasteiger partial charge in [0.25, 0.3) is 0 Å². The first-order valence-electron chi connectivity index (χ1n) is 6.30. The topological polar surface area (TPSA) is 29.5 Å². The SMILES string of the molecule is CCCC(C)(C=O)CN(C)C1CCOC1C. The zero-order valence-corrected chi connectivity index (χ0v) is 11.0. The lowest BCUT2D eigenvalue weighted by molar-refractivity contribution is -0.117. The van der Waals surface area contributed by atoms with Gasteiger partial charge in [-0.25, -0.2) is 0 Å². The van der Waals surface area contributed by atoms with Crippen molar-refractivity contribution in [2.45, 2.75) is 52.2 Å². The summed E-state index contributed by atoms with van der Waals surface area (Å²) in [5.41, 5.74) is -0.203. The molecule has 0 aliphatic carbocycles. The van der Waals surface area contributed by atoms with E-state index in [4.69, 9.17) is 4.74 Å². The first kappa shape index (κ1) is 13.7. The number of hydrogen-bond donors (Lipinski definition) is 0. The summed E-state index contributed by atoms with van der Waals surface area (Å²) in [6.07, 6.45) is 4.51. The lowest BCUT2D eigenvalue weighted by Gasteiger charge is -2.33. The minimum absolute atomic E-state index is 0.203. The maximum Gasteiger partial charge on any atom is 0.127 e. The molecule has 0 aromatic carbocycles. The Balaban J connectivity index is 2.54. The molecule has 3 atom stereocenters. The predicted octanol–water partition coefficient (Wildman–Crippen LogP) is 2.10. The number of carbonyl (C=O) groups excluding carboxylic acids is 1. The molecule has 0 spiro atoms. The Bertz CT molecular complexity index is 232. The van der Waals surface area contributed by atoms with Gasteiger partial charge in [0.15, 0.2) is 0 Å². The molecule has 3 heteroatoms. The molecule has 1 fully saturated rings. The summed E-state index contributed by atoms with van der Waals surface area (Å²) < 4.78 is 5.56. The van der Waals surface area contributed by atoms with Gasteiger partial charge in [-0.3, -0.25) is 4.90 Å². The molecule has 16 heavy (non-hydrogen) atoms. The van der Waals surface area contributed by atoms with E-state index in [2.05, 4.69) is 32.7 Å². The van der Waals surface area contributed by atoms with Crippen LogP contribution in [0.15, 0.2) is 0 Å². The molecule has 0 bridgehead atoms. The van der Waals surface area contributed by atoms with Crippen molar-refractivity contribution >= 4 is 6.29 Å². The Labute approximate surface area is 99.1 Å². The number of carbonyl (C=O) groups is 1. The molecule has 1 heterocycles. The second kappa shape index (κ2) is 5.78. The maximum absolute atomic E-state index is 11.2. The average Bonchev–Trinajstić information content (AvgIpc) is 2.65. The van der Waals surface area contributed by atoms with E-state index in [1.54, 1.807) is 0 Å². The van der Waals surface area contributed by atoms with E-state index in [9.17, 15) is 4.79 Å². The highest BCUT2D eigenvalue weighted by Gasteiger charge is 2.32. The highest BCUT2D eigenvalue weighted by atomic mass is 16.5. The van der Waals surface area contributed by atoms with Gasteiger partial charge in [0, 0.05) is 24.6 Å². The average molecular weight is 227 g/mol. The molecule has 0 radical (unpaired) electrons. The minimum Gasteiger partial charge on any atom is -0.377 e. The first-order valence-corrected chi connectivity index (χ1v) is 6.30. The van der Waals surface area contributed by atoms with Crippen LogP contribution in [0, 0.1) is 5.41 Å². The van der Waals surface area contributed by atoms with Crippen LogP contribution in [0.1, 0.15) is 40.0 Å². The minimum atomic E-state index is -0.203. The van der Waals surface area contributed by atoms with Crippen molar-refractivity contribution in [1.29, 1.82) is 0 Å². The third-order valence-corrected chi connectivity index (χ3v) is 3.62. The van der Waals surface area contributed by atoms with Crippen molar-refractivity contribution in [3.8, 4) is 0 Å². The van der Waals surface area contributed by atoms with E-state index >= 15 is 0 Å². The van der Waals surface area contributed by atoms with Crippen molar-refractivity contribution in [2.75, 3.05) is 20.2 Å². The van der Waals surface area contributed by atoms with Crippen LogP contribution in [-0.4, -0.2) is 43.5 Å². The van der Waals surface area contributed by atoms with Gasteiger partial charge in [-0.05, 0) is 26.8 Å². The summed E-state index contributed by atoms with van der Waals surface area (Å²) in [5, 5.41) is 0. The second-order valence-electron chi connectivity index (χ2n) is 5.37. The molecule has 0 aromatic heterocycles. The number of rotatable bonds is 6. The molecule has 1 aliphatic rings. The van der Waals surface area contributed by atoms with Gasteiger partial charge in [0.05, 0.1) is 6.10 Å². The van der Waals surface area contributed by atoms with Gasteiger partial charge < -0.3 is 9.53 Å². The second-order valence-corrected chi connectivity index (χ2v) is 5.37. The molecule has 3 unspecified atom stereocenters. The van der Waals surface area contributed by atoms with E-state index in [1.807, 2.05) is 0 Å². The van der Waals surface area contributed by atoms with Crippen LogP contribution in [0.3, 0.4) is 0 Å². The van der Waals surface area contributed by atoms with Crippen LogP contribution < -0.4 is 0 Å². The highest BCUT2D eigenvalue weighted by molar-refractivity contribution is 5.59. The summed E-state index contributed by atoms with van der Waals surface area (Å²) in [6, 6.07) is 0.469. The number of ether oxygens (including phenoxy) is 1. The third-order valence-electron chi connectivity index (χ3n) is 3.62. The van der Waals surface area contributed by atoms with E-state index in [0.29, 0.717) is 12.1 Å². The molecule has 94 valence electrons. The summed E-state index contributed by atoms with van der Waals surface area (Å²) in [5.74, 6) is 0. The predicted molar refractivity (Wildman–Crippen MR) is 65.5 cm³/mol. The molecule has 0 amide bonds.